The molecular weight excluding hydrogens is 345 g/mol. The number of halogens is 1. The van der Waals surface area contributed by atoms with E-state index in [1.807, 2.05) is 0 Å². The quantitative estimate of drug-likeness (QED) is 0.301. The second-order valence-corrected chi connectivity index (χ2v) is 5.29. The maximum absolute atomic E-state index is 12.4. The summed E-state index contributed by atoms with van der Waals surface area (Å²) in [5.74, 6) is -0.211. The first-order valence-corrected chi connectivity index (χ1v) is 6.80. The van der Waals surface area contributed by atoms with E-state index in [0.717, 1.165) is 4.47 Å². The first-order chi connectivity index (χ1) is 9.49. The summed E-state index contributed by atoms with van der Waals surface area (Å²) in [6, 6.07) is 11.8. The minimum Gasteiger partial charge on any atom is -0.831 e. The normalized spacial score (nSPS) is 11.6. The van der Waals surface area contributed by atoms with Crippen molar-refractivity contribution in [2.45, 2.75) is 12.7 Å². The number of benzene rings is 2. The summed E-state index contributed by atoms with van der Waals surface area (Å²) in [4.78, 5) is 12.4. The van der Waals surface area contributed by atoms with Crippen molar-refractivity contribution in [2.75, 3.05) is 5.73 Å². The molecule has 2 rings (SSSR count). The number of ketones is 1. The molecule has 0 saturated carbocycles. The Bertz CT molecular complexity index is 629. The van der Waals surface area contributed by atoms with Crippen LogP contribution in [-0.4, -0.2) is 17.2 Å². The topological polar surface area (TPSA) is 86.4 Å². The van der Waals surface area contributed by atoms with Crippen LogP contribution in [0.25, 0.3) is 0 Å². The van der Waals surface area contributed by atoms with E-state index in [9.17, 15) is 9.90 Å². The smallest absolute Gasteiger partial charge is 0.831 e. The van der Waals surface area contributed by atoms with Crippen molar-refractivity contribution >= 4 is 27.4 Å². The minimum absolute atomic E-state index is 0. The van der Waals surface area contributed by atoms with Gasteiger partial charge in [-0.25, -0.2) is 0 Å². The molecule has 21 heavy (non-hydrogen) atoms. The molecule has 0 saturated heterocycles. The third kappa shape index (κ3) is 4.64. The minimum atomic E-state index is -1.74. The Labute approximate surface area is 153 Å². The molecule has 0 radical (unpaired) electrons. The first-order valence-electron chi connectivity index (χ1n) is 6.00. The van der Waals surface area contributed by atoms with E-state index in [0.29, 0.717) is 16.7 Å². The molecule has 2 aromatic carbocycles. The summed E-state index contributed by atoms with van der Waals surface area (Å²) < 4.78 is 0.880. The van der Waals surface area contributed by atoms with Gasteiger partial charge in [0, 0.05) is 21.3 Å². The maximum atomic E-state index is 12.4. The fourth-order valence-corrected chi connectivity index (χ4v) is 2.20. The molecule has 4 nitrogen and oxygen atoms in total. The summed E-state index contributed by atoms with van der Waals surface area (Å²) in [6.45, 7) is 0. The second kappa shape index (κ2) is 8.08. The predicted octanol–water partition coefficient (Wildman–Crippen LogP) is -1.51. The molecule has 0 aliphatic heterocycles. The van der Waals surface area contributed by atoms with E-state index >= 15 is 0 Å². The molecular formula is C15H13BrNNaO3. The average Bonchev–Trinajstić information content (AvgIpc) is 2.41. The van der Waals surface area contributed by atoms with E-state index in [2.05, 4.69) is 15.9 Å². The summed E-state index contributed by atoms with van der Waals surface area (Å²) in [5, 5.41) is 19.8. The van der Waals surface area contributed by atoms with Crippen LogP contribution in [0, 0.1) is 0 Å². The zero-order valence-electron chi connectivity index (χ0n) is 11.5. The van der Waals surface area contributed by atoms with Gasteiger partial charge in [0.2, 0.25) is 0 Å². The van der Waals surface area contributed by atoms with E-state index in [1.54, 1.807) is 42.5 Å². The van der Waals surface area contributed by atoms with Gasteiger partial charge in [-0.05, 0) is 48.6 Å². The summed E-state index contributed by atoms with van der Waals surface area (Å²) >= 11 is 3.31. The van der Waals surface area contributed by atoms with Crippen LogP contribution < -0.4 is 40.4 Å². The Balaban J connectivity index is 0.00000220. The fourth-order valence-electron chi connectivity index (χ4n) is 1.93. The number of aliphatic hydroxyl groups is 1. The number of aliphatic hydroxyl groups excluding tert-OH is 1. The number of hydrogen-bond donors (Lipinski definition) is 2. The predicted molar refractivity (Wildman–Crippen MR) is 78.1 cm³/mol. The third-order valence-electron chi connectivity index (χ3n) is 2.94. The third-order valence-corrected chi connectivity index (χ3v) is 3.47. The zero-order chi connectivity index (χ0) is 14.7. The van der Waals surface area contributed by atoms with Crippen LogP contribution in [0.3, 0.4) is 0 Å². The molecule has 1 atom stereocenters. The molecule has 104 valence electrons. The average molecular weight is 358 g/mol. The fraction of sp³-hybridized carbons (Fsp3) is 0.133. The van der Waals surface area contributed by atoms with Crippen LogP contribution in [0.4, 0.5) is 5.69 Å². The molecule has 6 heteroatoms. The number of para-hydroxylation sites is 1. The van der Waals surface area contributed by atoms with Gasteiger partial charge in [0.25, 0.3) is 0 Å². The van der Waals surface area contributed by atoms with E-state index < -0.39 is 6.29 Å². The van der Waals surface area contributed by atoms with Crippen molar-refractivity contribution in [3.05, 3.63) is 63.6 Å². The van der Waals surface area contributed by atoms with Crippen molar-refractivity contribution in [1.29, 1.82) is 0 Å². The van der Waals surface area contributed by atoms with Gasteiger partial charge in [-0.15, -0.1) is 0 Å². The number of nitrogen functional groups attached to an aromatic ring is 1. The number of hydrogen-bond acceptors (Lipinski definition) is 4. The Kier molecular flexibility index (Phi) is 7.06. The van der Waals surface area contributed by atoms with Crippen molar-refractivity contribution in [3.63, 3.8) is 0 Å². The number of anilines is 1. The van der Waals surface area contributed by atoms with Crippen molar-refractivity contribution < 1.29 is 44.6 Å². The molecule has 0 spiro atoms. The van der Waals surface area contributed by atoms with Crippen LogP contribution in [0.5, 0.6) is 0 Å². The Morgan fingerprint density at radius 1 is 1.24 bits per heavy atom. The monoisotopic (exact) mass is 357 g/mol. The van der Waals surface area contributed by atoms with Crippen molar-refractivity contribution in [1.82, 2.24) is 0 Å². The van der Waals surface area contributed by atoms with Gasteiger partial charge in [0.05, 0.1) is 0 Å². The standard InChI is InChI=1S/C15H13BrNO3.Na/c16-11-6-4-9(5-7-11)15(20)12-3-1-2-10(14(12)17)8-13(18)19;/h1-7,13,18H,8,17H2;/q-1;+1. The van der Waals surface area contributed by atoms with E-state index in [-0.39, 0.29) is 47.4 Å². The molecule has 1 unspecified atom stereocenters. The van der Waals surface area contributed by atoms with Gasteiger partial charge in [0.15, 0.2) is 5.78 Å². The van der Waals surface area contributed by atoms with Gasteiger partial charge in [0.1, 0.15) is 0 Å². The maximum Gasteiger partial charge on any atom is 1.00 e. The van der Waals surface area contributed by atoms with Gasteiger partial charge < -0.3 is 15.9 Å². The zero-order valence-corrected chi connectivity index (χ0v) is 15.1. The van der Waals surface area contributed by atoms with E-state index in [1.165, 1.54) is 0 Å². The van der Waals surface area contributed by atoms with Gasteiger partial charge in [-0.3, -0.25) is 4.79 Å². The molecule has 0 aromatic heterocycles. The van der Waals surface area contributed by atoms with Crippen LogP contribution in [0.15, 0.2) is 46.9 Å². The Morgan fingerprint density at radius 2 is 1.86 bits per heavy atom. The molecule has 0 aliphatic carbocycles. The number of nitrogens with two attached hydrogens (primary N) is 1. The number of carbonyl (C=O) groups excluding carboxylic acids is 1. The van der Waals surface area contributed by atoms with Crippen LogP contribution in [0.1, 0.15) is 21.5 Å². The van der Waals surface area contributed by atoms with Crippen molar-refractivity contribution in [2.24, 2.45) is 0 Å². The number of carbonyl (C=O) groups is 1. The largest absolute Gasteiger partial charge is 1.00 e. The van der Waals surface area contributed by atoms with Gasteiger partial charge >= 0.3 is 29.6 Å². The SMILES string of the molecule is Nc1c(CC([O-])O)cccc1C(=O)c1ccc(Br)cc1.[Na+]. The molecule has 3 N–H and O–H groups in total. The molecule has 0 aliphatic rings. The Hall–Kier alpha value is -0.690. The summed E-state index contributed by atoms with van der Waals surface area (Å²) in [7, 11) is 0. The number of rotatable bonds is 4. The summed E-state index contributed by atoms with van der Waals surface area (Å²) in [5.41, 5.74) is 7.50. The molecule has 0 heterocycles. The molecule has 2 aromatic rings. The first kappa shape index (κ1) is 18.4. The Morgan fingerprint density at radius 3 is 2.43 bits per heavy atom. The van der Waals surface area contributed by atoms with Crippen LogP contribution in [0.2, 0.25) is 0 Å². The van der Waals surface area contributed by atoms with E-state index in [4.69, 9.17) is 10.8 Å². The molecule has 0 amide bonds. The summed E-state index contributed by atoms with van der Waals surface area (Å²) in [6.07, 6.45) is -1.86. The van der Waals surface area contributed by atoms with Crippen LogP contribution in [-0.2, 0) is 6.42 Å². The van der Waals surface area contributed by atoms with Crippen LogP contribution >= 0.6 is 15.9 Å². The molecule has 0 fully saturated rings. The molecule has 0 bridgehead atoms. The second-order valence-electron chi connectivity index (χ2n) is 4.37. The van der Waals surface area contributed by atoms with Gasteiger partial charge in [-0.2, -0.15) is 0 Å². The van der Waals surface area contributed by atoms with Crippen molar-refractivity contribution in [3.8, 4) is 0 Å². The van der Waals surface area contributed by atoms with Gasteiger partial charge in [-0.1, -0.05) is 28.1 Å².